The molecule has 10 nitrogen and oxygen atoms in total. The minimum atomic E-state index is -1.33. The van der Waals surface area contributed by atoms with E-state index in [0.29, 0.717) is 30.8 Å². The second-order valence-corrected chi connectivity index (χ2v) is 8.85. The molecule has 0 saturated carbocycles. The zero-order valence-corrected chi connectivity index (χ0v) is 20.3. The van der Waals surface area contributed by atoms with Gasteiger partial charge in [-0.05, 0) is 48.7 Å². The Labute approximate surface area is 212 Å². The molecule has 3 atom stereocenters. The van der Waals surface area contributed by atoms with Crippen LogP contribution in [0.25, 0.3) is 0 Å². The van der Waals surface area contributed by atoms with Gasteiger partial charge in [0.2, 0.25) is 0 Å². The van der Waals surface area contributed by atoms with E-state index in [2.05, 4.69) is 5.32 Å². The fourth-order valence-corrected chi connectivity index (χ4v) is 4.60. The Hall–Kier alpha value is -3.99. The van der Waals surface area contributed by atoms with Crippen LogP contribution in [0.3, 0.4) is 0 Å². The highest BCUT2D eigenvalue weighted by molar-refractivity contribution is 6.00. The van der Waals surface area contributed by atoms with Crippen molar-refractivity contribution in [1.82, 2.24) is 15.1 Å². The molecule has 3 unspecified atom stereocenters. The zero-order chi connectivity index (χ0) is 26.5. The number of carbonyl (C=O) groups excluding carboxylic acids is 3. The van der Waals surface area contributed by atoms with Gasteiger partial charge in [-0.2, -0.15) is 0 Å². The van der Waals surface area contributed by atoms with Crippen LogP contribution in [-0.2, 0) is 19.1 Å². The molecule has 2 aromatic rings. The SMILES string of the molecule is COc1cccc(C(=O)N2CCN(C(=O)C3CCCO3)C2C(=O)NC(CC(=O)O)c2ccc(F)cc2)c1. The molecule has 2 N–H and O–H groups in total. The van der Waals surface area contributed by atoms with Crippen LogP contribution >= 0.6 is 0 Å². The number of hydrogen-bond donors (Lipinski definition) is 2. The Morgan fingerprint density at radius 2 is 1.86 bits per heavy atom. The predicted molar refractivity (Wildman–Crippen MR) is 128 cm³/mol. The summed E-state index contributed by atoms with van der Waals surface area (Å²) in [5.74, 6) is -2.86. The standard InChI is InChI=1S/C26H28FN3O7/c1-36-19-5-2-4-17(14-19)25(34)29-11-12-30(26(35)21-6-3-13-37-21)24(29)23(33)28-20(15-22(31)32)16-7-9-18(27)10-8-16/h2,4-5,7-10,14,20-21,24H,3,6,11-13,15H2,1H3,(H,28,33)(H,31,32). The molecule has 0 aromatic heterocycles. The molecule has 11 heteroatoms. The Morgan fingerprint density at radius 3 is 2.51 bits per heavy atom. The molecule has 2 heterocycles. The van der Waals surface area contributed by atoms with Crippen molar-refractivity contribution in [2.24, 2.45) is 0 Å². The van der Waals surface area contributed by atoms with E-state index in [-0.39, 0.29) is 18.7 Å². The smallest absolute Gasteiger partial charge is 0.305 e. The number of carbonyl (C=O) groups is 4. The van der Waals surface area contributed by atoms with Gasteiger partial charge < -0.3 is 29.7 Å². The van der Waals surface area contributed by atoms with Gasteiger partial charge in [0, 0.05) is 25.3 Å². The van der Waals surface area contributed by atoms with Crippen LogP contribution in [0, 0.1) is 5.82 Å². The van der Waals surface area contributed by atoms with Crippen LogP contribution in [-0.4, -0.2) is 77.7 Å². The first-order valence-corrected chi connectivity index (χ1v) is 11.9. The third kappa shape index (κ3) is 5.88. The Balaban J connectivity index is 1.64. The van der Waals surface area contributed by atoms with Crippen molar-refractivity contribution in [2.45, 2.75) is 37.6 Å². The molecule has 3 amide bonds. The van der Waals surface area contributed by atoms with Crippen molar-refractivity contribution in [2.75, 3.05) is 26.8 Å². The highest BCUT2D eigenvalue weighted by atomic mass is 19.1. The average molecular weight is 514 g/mol. The Morgan fingerprint density at radius 1 is 1.14 bits per heavy atom. The second kappa shape index (κ2) is 11.4. The van der Waals surface area contributed by atoms with Gasteiger partial charge in [-0.3, -0.25) is 19.2 Å². The van der Waals surface area contributed by atoms with Crippen LogP contribution in [0.1, 0.15) is 41.2 Å². The van der Waals surface area contributed by atoms with Crippen LogP contribution < -0.4 is 10.1 Å². The first-order valence-electron chi connectivity index (χ1n) is 11.9. The average Bonchev–Trinajstić information content (AvgIpc) is 3.58. The summed E-state index contributed by atoms with van der Waals surface area (Å²) >= 11 is 0. The van der Waals surface area contributed by atoms with Crippen molar-refractivity contribution in [1.29, 1.82) is 0 Å². The third-order valence-corrected chi connectivity index (χ3v) is 6.44. The number of rotatable bonds is 8. The lowest BCUT2D eigenvalue weighted by Gasteiger charge is -2.32. The molecule has 0 aliphatic carbocycles. The van der Waals surface area contributed by atoms with E-state index in [4.69, 9.17) is 9.47 Å². The van der Waals surface area contributed by atoms with Gasteiger partial charge in [-0.25, -0.2) is 4.39 Å². The molecular formula is C26H28FN3O7. The fourth-order valence-electron chi connectivity index (χ4n) is 4.60. The summed E-state index contributed by atoms with van der Waals surface area (Å²) in [6.07, 6.45) is -1.31. The van der Waals surface area contributed by atoms with E-state index in [1.54, 1.807) is 18.2 Å². The highest BCUT2D eigenvalue weighted by Gasteiger charge is 2.45. The maximum atomic E-state index is 13.6. The summed E-state index contributed by atoms with van der Waals surface area (Å²) in [6, 6.07) is 10.5. The maximum absolute atomic E-state index is 13.6. The number of nitrogens with zero attached hydrogens (tertiary/aromatic N) is 2. The van der Waals surface area contributed by atoms with E-state index < -0.39 is 54.2 Å². The summed E-state index contributed by atoms with van der Waals surface area (Å²) in [5, 5.41) is 12.1. The molecule has 2 aliphatic rings. The van der Waals surface area contributed by atoms with Crippen LogP contribution in [0.4, 0.5) is 4.39 Å². The third-order valence-electron chi connectivity index (χ3n) is 6.44. The number of ether oxygens (including phenoxy) is 2. The van der Waals surface area contributed by atoms with Crippen molar-refractivity contribution < 1.29 is 38.1 Å². The van der Waals surface area contributed by atoms with Gasteiger partial charge in [-0.15, -0.1) is 0 Å². The quantitative estimate of drug-likeness (QED) is 0.553. The minimum Gasteiger partial charge on any atom is -0.497 e. The number of carboxylic acids is 1. The van der Waals surface area contributed by atoms with Crippen molar-refractivity contribution in [3.8, 4) is 5.75 Å². The molecule has 2 saturated heterocycles. The van der Waals surface area contributed by atoms with Gasteiger partial charge in [0.25, 0.3) is 17.7 Å². The van der Waals surface area contributed by atoms with E-state index in [1.165, 1.54) is 35.1 Å². The minimum absolute atomic E-state index is 0.0900. The maximum Gasteiger partial charge on any atom is 0.305 e. The van der Waals surface area contributed by atoms with E-state index in [1.807, 2.05) is 0 Å². The largest absolute Gasteiger partial charge is 0.497 e. The van der Waals surface area contributed by atoms with Crippen molar-refractivity contribution in [3.63, 3.8) is 0 Å². The lowest BCUT2D eigenvalue weighted by Crippen LogP contribution is -2.56. The van der Waals surface area contributed by atoms with E-state index in [9.17, 15) is 28.7 Å². The zero-order valence-electron chi connectivity index (χ0n) is 20.3. The van der Waals surface area contributed by atoms with E-state index >= 15 is 0 Å². The number of nitrogens with one attached hydrogen (secondary N) is 1. The molecule has 2 aromatic carbocycles. The van der Waals surface area contributed by atoms with Gasteiger partial charge in [0.05, 0.1) is 19.6 Å². The van der Waals surface area contributed by atoms with Crippen LogP contribution in [0.5, 0.6) is 5.75 Å². The lowest BCUT2D eigenvalue weighted by molar-refractivity contribution is -0.148. The van der Waals surface area contributed by atoms with Crippen LogP contribution in [0.15, 0.2) is 48.5 Å². The number of amides is 3. The Bertz CT molecular complexity index is 1170. The second-order valence-electron chi connectivity index (χ2n) is 8.85. The normalized spacial score (nSPS) is 19.9. The predicted octanol–water partition coefficient (Wildman–Crippen LogP) is 1.96. The number of benzene rings is 2. The molecule has 0 radical (unpaired) electrons. The van der Waals surface area contributed by atoms with Crippen molar-refractivity contribution >= 4 is 23.7 Å². The summed E-state index contributed by atoms with van der Waals surface area (Å²) < 4.78 is 24.2. The van der Waals surface area contributed by atoms with Gasteiger partial charge in [0.15, 0.2) is 6.17 Å². The molecule has 2 fully saturated rings. The summed E-state index contributed by atoms with van der Waals surface area (Å²) in [4.78, 5) is 54.5. The molecule has 196 valence electrons. The molecular weight excluding hydrogens is 485 g/mol. The van der Waals surface area contributed by atoms with Crippen LogP contribution in [0.2, 0.25) is 0 Å². The monoisotopic (exact) mass is 513 g/mol. The molecule has 2 aliphatic heterocycles. The number of hydrogen-bond acceptors (Lipinski definition) is 6. The molecule has 0 spiro atoms. The molecule has 0 bridgehead atoms. The number of methoxy groups -OCH3 is 1. The van der Waals surface area contributed by atoms with Gasteiger partial charge in [-0.1, -0.05) is 18.2 Å². The van der Waals surface area contributed by atoms with Gasteiger partial charge in [0.1, 0.15) is 17.7 Å². The number of halogens is 1. The topological polar surface area (TPSA) is 125 Å². The Kier molecular flexibility index (Phi) is 8.02. The summed E-state index contributed by atoms with van der Waals surface area (Å²) in [5.41, 5.74) is 0.641. The highest BCUT2D eigenvalue weighted by Crippen LogP contribution is 2.26. The van der Waals surface area contributed by atoms with Gasteiger partial charge >= 0.3 is 5.97 Å². The number of aliphatic carboxylic acids is 1. The number of carboxylic acid groups (broad SMARTS) is 1. The summed E-state index contributed by atoms with van der Waals surface area (Å²) in [6.45, 7) is 0.623. The lowest BCUT2D eigenvalue weighted by atomic mass is 10.0. The molecule has 37 heavy (non-hydrogen) atoms. The van der Waals surface area contributed by atoms with Crippen molar-refractivity contribution in [3.05, 3.63) is 65.5 Å². The fraction of sp³-hybridized carbons (Fsp3) is 0.385. The first-order chi connectivity index (χ1) is 17.8. The van der Waals surface area contributed by atoms with E-state index in [0.717, 1.165) is 12.1 Å². The summed E-state index contributed by atoms with van der Waals surface area (Å²) in [7, 11) is 1.47. The first kappa shape index (κ1) is 26.1. The molecule has 4 rings (SSSR count).